The number of aromatic nitrogens is 4. The number of nitrogens with zero attached hydrogens (tertiary/aromatic N) is 4. The van der Waals surface area contributed by atoms with Crippen molar-refractivity contribution >= 4 is 23.0 Å². The third-order valence-corrected chi connectivity index (χ3v) is 8.61. The van der Waals surface area contributed by atoms with Gasteiger partial charge in [0.05, 0.1) is 13.0 Å². The molecule has 0 unspecified atom stereocenters. The molecular weight excluding hydrogens is 516 g/mol. The van der Waals surface area contributed by atoms with Crippen LogP contribution in [0.25, 0.3) is 16.8 Å². The molecule has 41 heavy (non-hydrogen) atoms. The maximum absolute atomic E-state index is 13.0. The molecule has 0 spiro atoms. The summed E-state index contributed by atoms with van der Waals surface area (Å²) < 4.78 is 7.09. The number of hydrogen-bond donors (Lipinski definition) is 2. The zero-order valence-corrected chi connectivity index (χ0v) is 23.4. The lowest BCUT2D eigenvalue weighted by Gasteiger charge is -2.27. The van der Waals surface area contributed by atoms with Crippen LogP contribution in [0, 0.1) is 6.92 Å². The van der Waals surface area contributed by atoms with Gasteiger partial charge in [-0.05, 0) is 56.7 Å². The number of rotatable bonds is 9. The molecule has 2 saturated carbocycles. The minimum atomic E-state index is -0.243. The summed E-state index contributed by atoms with van der Waals surface area (Å²) in [4.78, 5) is 39.4. The lowest BCUT2D eigenvalue weighted by atomic mass is 9.83. The highest BCUT2D eigenvalue weighted by Crippen LogP contribution is 2.57. The van der Waals surface area contributed by atoms with Gasteiger partial charge in [-0.25, -0.2) is 9.97 Å². The number of benzene rings is 1. The van der Waals surface area contributed by atoms with Crippen LogP contribution in [0.15, 0.2) is 67.1 Å². The Morgan fingerprint density at radius 3 is 2.61 bits per heavy atom. The van der Waals surface area contributed by atoms with Crippen LogP contribution in [0.5, 0.6) is 0 Å². The fourth-order valence-electron chi connectivity index (χ4n) is 6.65. The number of fused-ring (bicyclic) bond motifs is 3. The Kier molecular flexibility index (Phi) is 6.91. The van der Waals surface area contributed by atoms with E-state index in [9.17, 15) is 9.59 Å². The second-order valence-corrected chi connectivity index (χ2v) is 11.4. The van der Waals surface area contributed by atoms with Crippen molar-refractivity contribution in [1.82, 2.24) is 24.7 Å². The van der Waals surface area contributed by atoms with E-state index < -0.39 is 0 Å². The van der Waals surface area contributed by atoms with Crippen LogP contribution in [-0.2, 0) is 21.4 Å². The van der Waals surface area contributed by atoms with Crippen molar-refractivity contribution in [3.63, 3.8) is 0 Å². The van der Waals surface area contributed by atoms with E-state index >= 15 is 0 Å². The predicted octanol–water partition coefficient (Wildman–Crippen LogP) is 4.38. The van der Waals surface area contributed by atoms with Gasteiger partial charge in [0.15, 0.2) is 5.78 Å². The monoisotopic (exact) mass is 550 g/mol. The molecule has 2 aliphatic rings. The van der Waals surface area contributed by atoms with Gasteiger partial charge in [0.2, 0.25) is 5.91 Å². The molecule has 3 aromatic heterocycles. The quantitative estimate of drug-likeness (QED) is 0.234. The molecule has 3 heterocycles. The van der Waals surface area contributed by atoms with Gasteiger partial charge in [-0.3, -0.25) is 19.0 Å². The molecule has 9 heteroatoms. The highest BCUT2D eigenvalue weighted by atomic mass is 16.5. The van der Waals surface area contributed by atoms with Crippen molar-refractivity contribution < 1.29 is 14.3 Å². The zero-order chi connectivity index (χ0) is 28.6. The number of nitrogen functional groups attached to an aromatic ring is 1. The van der Waals surface area contributed by atoms with Gasteiger partial charge in [-0.1, -0.05) is 30.3 Å². The van der Waals surface area contributed by atoms with E-state index in [1.807, 2.05) is 49.5 Å². The van der Waals surface area contributed by atoms with E-state index in [0.29, 0.717) is 18.0 Å². The molecule has 2 bridgehead atoms. The average molecular weight is 551 g/mol. The first kappa shape index (κ1) is 26.8. The van der Waals surface area contributed by atoms with E-state index in [1.54, 1.807) is 31.7 Å². The summed E-state index contributed by atoms with van der Waals surface area (Å²) in [6, 6.07) is 11.4. The molecular formula is C32H34N6O3. The molecule has 1 amide bonds. The SMILES string of the molecule is COC/C=C/C(=O)NC12CCC(c3nc(-c4ccc(C(=O)Cc5cc(C)ccn5)cc4)c4c(N)nccn34)(CC1)C2. The first-order valence-electron chi connectivity index (χ1n) is 14.0. The summed E-state index contributed by atoms with van der Waals surface area (Å²) >= 11 is 0. The molecule has 0 radical (unpaired) electrons. The number of ether oxygens (including phenoxy) is 1. The Labute approximate surface area is 238 Å². The van der Waals surface area contributed by atoms with Crippen LogP contribution < -0.4 is 11.1 Å². The Hall–Kier alpha value is -4.37. The lowest BCUT2D eigenvalue weighted by Crippen LogP contribution is -2.44. The minimum Gasteiger partial charge on any atom is -0.382 e. The van der Waals surface area contributed by atoms with Crippen molar-refractivity contribution in [2.75, 3.05) is 19.5 Å². The van der Waals surface area contributed by atoms with Crippen molar-refractivity contribution in [2.24, 2.45) is 0 Å². The van der Waals surface area contributed by atoms with E-state index in [2.05, 4.69) is 19.7 Å². The molecule has 6 rings (SSSR count). The maximum Gasteiger partial charge on any atom is 0.244 e. The van der Waals surface area contributed by atoms with Crippen molar-refractivity contribution in [3.05, 3.63) is 89.8 Å². The van der Waals surface area contributed by atoms with Crippen molar-refractivity contribution in [3.8, 4) is 11.3 Å². The summed E-state index contributed by atoms with van der Waals surface area (Å²) in [6.07, 6.45) is 13.4. The maximum atomic E-state index is 13.0. The summed E-state index contributed by atoms with van der Waals surface area (Å²) in [6.45, 7) is 2.39. The molecule has 4 aromatic rings. The predicted molar refractivity (Wildman–Crippen MR) is 156 cm³/mol. The fraction of sp³-hybridized carbons (Fsp3) is 0.344. The van der Waals surface area contributed by atoms with Crippen LogP contribution >= 0.6 is 0 Å². The fourth-order valence-corrected chi connectivity index (χ4v) is 6.65. The summed E-state index contributed by atoms with van der Waals surface area (Å²) in [5.74, 6) is 1.28. The number of pyridine rings is 1. The number of amides is 1. The number of hydrogen-bond acceptors (Lipinski definition) is 7. The second-order valence-electron chi connectivity index (χ2n) is 11.4. The zero-order valence-electron chi connectivity index (χ0n) is 23.4. The first-order valence-corrected chi connectivity index (χ1v) is 14.0. The molecule has 210 valence electrons. The average Bonchev–Trinajstić information content (AvgIpc) is 3.64. The number of Topliss-reactive ketones (excluding diaryl/α,β-unsaturated/α-hetero) is 1. The number of nitrogens with one attached hydrogen (secondary N) is 1. The van der Waals surface area contributed by atoms with E-state index in [4.69, 9.17) is 15.5 Å². The molecule has 2 fully saturated rings. The van der Waals surface area contributed by atoms with Crippen LogP contribution in [-0.4, -0.2) is 50.3 Å². The number of carbonyl (C=O) groups is 2. The van der Waals surface area contributed by atoms with Gasteiger partial charge in [0.1, 0.15) is 22.9 Å². The third kappa shape index (κ3) is 5.02. The Morgan fingerprint density at radius 1 is 1.10 bits per heavy atom. The van der Waals surface area contributed by atoms with Gasteiger partial charge in [-0.2, -0.15) is 0 Å². The minimum absolute atomic E-state index is 0.0115. The van der Waals surface area contributed by atoms with E-state index in [0.717, 1.165) is 66.0 Å². The topological polar surface area (TPSA) is 124 Å². The van der Waals surface area contributed by atoms with Crippen LogP contribution in [0.2, 0.25) is 0 Å². The molecule has 2 aliphatic carbocycles. The Bertz CT molecular complexity index is 1650. The van der Waals surface area contributed by atoms with Crippen molar-refractivity contribution in [1.29, 1.82) is 0 Å². The van der Waals surface area contributed by atoms with Gasteiger partial charge in [0, 0.05) is 59.6 Å². The van der Waals surface area contributed by atoms with Crippen LogP contribution in [0.4, 0.5) is 5.82 Å². The highest BCUT2D eigenvalue weighted by Gasteiger charge is 2.57. The number of aryl methyl sites for hydroxylation is 1. The standard InChI is InChI=1S/C32H34N6O3/c1-21-9-14-34-24(18-21)19-25(39)22-5-7-23(8-6-22)27-28-29(33)35-15-16-38(28)30(36-27)31-10-12-32(20-31,13-11-31)37-26(40)4-3-17-41-2/h3-9,14-16,18H,10-13,17,19-20H2,1-2H3,(H2,33,35)(H,37,40)/b4-3+. The Balaban J connectivity index is 1.29. The number of nitrogens with two attached hydrogens (primary N) is 1. The Morgan fingerprint density at radius 2 is 1.88 bits per heavy atom. The summed E-state index contributed by atoms with van der Waals surface area (Å²) in [5, 5.41) is 3.28. The molecule has 3 N–H and O–H groups in total. The number of imidazole rings is 1. The summed E-state index contributed by atoms with van der Waals surface area (Å²) in [5.41, 5.74) is 10.8. The molecule has 1 aromatic carbocycles. The first-order chi connectivity index (χ1) is 19.8. The number of carbonyl (C=O) groups excluding carboxylic acids is 2. The largest absolute Gasteiger partial charge is 0.382 e. The third-order valence-electron chi connectivity index (χ3n) is 8.61. The molecule has 0 atom stereocenters. The van der Waals surface area contributed by atoms with Crippen LogP contribution in [0.3, 0.4) is 0 Å². The smallest absolute Gasteiger partial charge is 0.244 e. The van der Waals surface area contributed by atoms with E-state index in [1.165, 1.54) is 0 Å². The highest BCUT2D eigenvalue weighted by molar-refractivity contribution is 5.98. The molecule has 9 nitrogen and oxygen atoms in total. The molecule has 0 saturated heterocycles. The lowest BCUT2D eigenvalue weighted by molar-refractivity contribution is -0.118. The van der Waals surface area contributed by atoms with E-state index in [-0.39, 0.29) is 29.1 Å². The second kappa shape index (κ2) is 10.6. The van der Waals surface area contributed by atoms with Gasteiger partial charge >= 0.3 is 0 Å². The normalized spacial score (nSPS) is 21.6. The van der Waals surface area contributed by atoms with Gasteiger partial charge < -0.3 is 15.8 Å². The van der Waals surface area contributed by atoms with Gasteiger partial charge in [0.25, 0.3) is 0 Å². The number of anilines is 1. The number of ketones is 1. The summed E-state index contributed by atoms with van der Waals surface area (Å²) in [7, 11) is 1.60. The van der Waals surface area contributed by atoms with Crippen LogP contribution in [0.1, 0.15) is 59.5 Å². The number of methoxy groups -OCH3 is 1. The van der Waals surface area contributed by atoms with Crippen molar-refractivity contribution in [2.45, 2.75) is 56.4 Å². The van der Waals surface area contributed by atoms with Gasteiger partial charge in [-0.15, -0.1) is 0 Å². The molecule has 0 aliphatic heterocycles.